The second-order valence-corrected chi connectivity index (χ2v) is 11.4. The van der Waals surface area contributed by atoms with Gasteiger partial charge in [-0.2, -0.15) is 0 Å². The molecule has 9 nitrogen and oxygen atoms in total. The molecular formula is C32H32O9P2. The molecule has 0 radical (unpaired) electrons. The van der Waals surface area contributed by atoms with Gasteiger partial charge >= 0.3 is 16.5 Å². The summed E-state index contributed by atoms with van der Waals surface area (Å²) in [5, 5.41) is 3.93. The average Bonchev–Trinajstić information content (AvgIpc) is 3.31. The van der Waals surface area contributed by atoms with Crippen LogP contribution in [0.4, 0.5) is 0 Å². The number of fused-ring (bicyclic) bond motifs is 6. The Kier molecular flexibility index (Phi) is 10.5. The standard InChI is InChI=1S/C32H32O9P2/c1-5-13-29-25(9-1)26-10-2-6-14-30(26)39-42(38-29)36-23-21-34-19-17-33-18-20-35-22-24-37-43-40-31-15-7-3-11-27(31)28-12-4-8-16-32(28)41-43/h1-16H,17-24H2. The van der Waals surface area contributed by atoms with Gasteiger partial charge in [-0.05, 0) is 24.3 Å². The van der Waals surface area contributed by atoms with Crippen LogP contribution in [-0.2, 0) is 14.2 Å². The lowest BCUT2D eigenvalue weighted by Gasteiger charge is -2.06. The van der Waals surface area contributed by atoms with Gasteiger partial charge in [0, 0.05) is 21.5 Å². The maximum atomic E-state index is 6.01. The maximum absolute atomic E-state index is 6.01. The van der Waals surface area contributed by atoms with Gasteiger partial charge in [-0.3, -0.25) is 9.05 Å². The fraction of sp³-hybridized carbons (Fsp3) is 0.250. The van der Waals surface area contributed by atoms with Crippen LogP contribution in [0, 0.1) is 0 Å². The highest BCUT2D eigenvalue weighted by atomic mass is 31.1. The first-order valence-electron chi connectivity index (χ1n) is 14.0. The van der Waals surface area contributed by atoms with Crippen molar-refractivity contribution >= 4 is 60.4 Å². The lowest BCUT2D eigenvalue weighted by Crippen LogP contribution is -2.13. The predicted octanol–water partition coefficient (Wildman–Crippen LogP) is 8.50. The maximum Gasteiger partial charge on any atom is 0.387 e. The Morgan fingerprint density at radius 3 is 0.907 bits per heavy atom. The van der Waals surface area contributed by atoms with E-state index in [1.165, 1.54) is 0 Å². The second-order valence-electron chi connectivity index (χ2n) is 9.30. The fourth-order valence-corrected chi connectivity index (χ4v) is 6.43. The third-order valence-corrected chi connectivity index (χ3v) is 8.58. The molecule has 6 aromatic rings. The Balaban J connectivity index is 0.862. The largest absolute Gasteiger partial charge is 0.399 e. The van der Waals surface area contributed by atoms with Gasteiger partial charge in [0.1, 0.15) is 22.3 Å². The molecule has 0 spiro atoms. The lowest BCUT2D eigenvalue weighted by atomic mass is 10.1. The lowest BCUT2D eigenvalue weighted by molar-refractivity contribution is 0.00811. The van der Waals surface area contributed by atoms with Crippen molar-refractivity contribution in [1.82, 2.24) is 0 Å². The fourth-order valence-electron chi connectivity index (χ4n) is 4.42. The Labute approximate surface area is 250 Å². The van der Waals surface area contributed by atoms with Crippen molar-refractivity contribution in [1.29, 1.82) is 0 Å². The Morgan fingerprint density at radius 2 is 0.605 bits per heavy atom. The molecule has 0 fully saturated rings. The van der Waals surface area contributed by atoms with E-state index >= 15 is 0 Å². The minimum absolute atomic E-state index is 0.340. The molecule has 43 heavy (non-hydrogen) atoms. The summed E-state index contributed by atoms with van der Waals surface area (Å²) in [5.74, 6) is 0. The minimum Gasteiger partial charge on any atom is -0.399 e. The second kappa shape index (κ2) is 15.3. The molecule has 2 heterocycles. The van der Waals surface area contributed by atoms with Crippen molar-refractivity contribution in [3.05, 3.63) is 97.1 Å². The molecule has 0 aliphatic rings. The SMILES string of the molecule is c1ccc2c(c1)op(OCCOCCOCCOCCOp1oc3ccccc3c3ccccc3o1)oc1ccccc12. The van der Waals surface area contributed by atoms with Gasteiger partial charge in [0.15, 0.2) is 0 Å². The zero-order valence-corrected chi connectivity index (χ0v) is 25.3. The first-order chi connectivity index (χ1) is 21.3. The van der Waals surface area contributed by atoms with Crippen LogP contribution in [0.15, 0.2) is 114 Å². The summed E-state index contributed by atoms with van der Waals surface area (Å²) < 4.78 is 52.6. The number of benzene rings is 4. The molecule has 0 aliphatic carbocycles. The molecule has 11 heteroatoms. The zero-order valence-electron chi connectivity index (χ0n) is 23.5. The van der Waals surface area contributed by atoms with Crippen LogP contribution in [0.1, 0.15) is 0 Å². The molecule has 0 N–H and O–H groups in total. The van der Waals surface area contributed by atoms with E-state index in [-0.39, 0.29) is 0 Å². The number of hydrogen-bond acceptors (Lipinski definition) is 9. The highest BCUT2D eigenvalue weighted by molar-refractivity contribution is 7.32. The Morgan fingerprint density at radius 1 is 0.349 bits per heavy atom. The molecule has 6 rings (SSSR count). The van der Waals surface area contributed by atoms with Crippen LogP contribution in [0.2, 0.25) is 0 Å². The zero-order chi connectivity index (χ0) is 29.1. The van der Waals surface area contributed by atoms with Crippen LogP contribution >= 0.6 is 16.5 Å². The summed E-state index contributed by atoms with van der Waals surface area (Å²) in [5.41, 5.74) is 2.96. The van der Waals surface area contributed by atoms with E-state index in [0.717, 1.165) is 43.9 Å². The number of para-hydroxylation sites is 4. The Bertz CT molecular complexity index is 1600. The molecule has 4 aromatic carbocycles. The van der Waals surface area contributed by atoms with Crippen molar-refractivity contribution in [2.75, 3.05) is 52.9 Å². The summed E-state index contributed by atoms with van der Waals surface area (Å²) in [6.07, 6.45) is 0. The number of rotatable bonds is 14. The van der Waals surface area contributed by atoms with Gasteiger partial charge < -0.3 is 31.0 Å². The molecule has 0 amide bonds. The monoisotopic (exact) mass is 622 g/mol. The van der Waals surface area contributed by atoms with Crippen molar-refractivity contribution in [2.24, 2.45) is 0 Å². The summed E-state index contributed by atoms with van der Waals surface area (Å²) in [7, 11) is -3.18. The van der Waals surface area contributed by atoms with E-state index in [1.54, 1.807) is 0 Å². The van der Waals surface area contributed by atoms with Gasteiger partial charge in [0.05, 0.1) is 52.9 Å². The van der Waals surface area contributed by atoms with E-state index in [4.69, 9.17) is 40.0 Å². The highest BCUT2D eigenvalue weighted by Gasteiger charge is 2.08. The molecular weight excluding hydrogens is 590 g/mol. The van der Waals surface area contributed by atoms with Gasteiger partial charge in [0.2, 0.25) is 0 Å². The van der Waals surface area contributed by atoms with E-state index in [1.807, 2.05) is 97.1 Å². The van der Waals surface area contributed by atoms with Crippen LogP contribution in [-0.4, -0.2) is 52.9 Å². The van der Waals surface area contributed by atoms with Crippen molar-refractivity contribution in [3.63, 3.8) is 0 Å². The minimum atomic E-state index is -1.59. The normalized spacial score (nSPS) is 11.5. The van der Waals surface area contributed by atoms with Gasteiger partial charge in [-0.15, -0.1) is 0 Å². The predicted molar refractivity (Wildman–Crippen MR) is 168 cm³/mol. The number of ether oxygens (including phenoxy) is 3. The number of hydrogen-bond donors (Lipinski definition) is 0. The van der Waals surface area contributed by atoms with E-state index in [9.17, 15) is 0 Å². The molecule has 0 bridgehead atoms. The Hall–Kier alpha value is -3.52. The first kappa shape index (κ1) is 29.5. The van der Waals surface area contributed by atoms with Crippen LogP contribution in [0.25, 0.3) is 43.9 Å². The summed E-state index contributed by atoms with van der Waals surface area (Å²) in [4.78, 5) is 0. The third kappa shape index (κ3) is 7.91. The van der Waals surface area contributed by atoms with Crippen molar-refractivity contribution in [2.45, 2.75) is 0 Å². The topological polar surface area (TPSA) is 98.7 Å². The van der Waals surface area contributed by atoms with Crippen molar-refractivity contribution < 1.29 is 40.0 Å². The molecule has 224 valence electrons. The summed E-state index contributed by atoms with van der Waals surface area (Å²) in [6, 6.07) is 31.4. The molecule has 0 saturated carbocycles. The average molecular weight is 623 g/mol. The molecule has 2 aromatic heterocycles. The van der Waals surface area contributed by atoms with Crippen LogP contribution < -0.4 is 9.05 Å². The van der Waals surface area contributed by atoms with Crippen LogP contribution in [0.5, 0.6) is 0 Å². The van der Waals surface area contributed by atoms with Crippen LogP contribution in [0.3, 0.4) is 0 Å². The van der Waals surface area contributed by atoms with Crippen molar-refractivity contribution in [3.8, 4) is 0 Å². The third-order valence-electron chi connectivity index (χ3n) is 6.41. The quantitative estimate of drug-likeness (QED) is 0.111. The van der Waals surface area contributed by atoms with E-state index in [2.05, 4.69) is 0 Å². The summed E-state index contributed by atoms with van der Waals surface area (Å²) >= 11 is 0. The van der Waals surface area contributed by atoms with Gasteiger partial charge in [-0.1, -0.05) is 72.8 Å². The molecule has 0 aliphatic heterocycles. The smallest absolute Gasteiger partial charge is 0.387 e. The van der Waals surface area contributed by atoms with Gasteiger partial charge in [0.25, 0.3) is 0 Å². The van der Waals surface area contributed by atoms with E-state index in [0.29, 0.717) is 52.9 Å². The molecule has 0 atom stereocenters. The highest BCUT2D eigenvalue weighted by Crippen LogP contribution is 2.34. The van der Waals surface area contributed by atoms with E-state index < -0.39 is 16.5 Å². The first-order valence-corrected chi connectivity index (χ1v) is 16.2. The summed E-state index contributed by atoms with van der Waals surface area (Å²) in [6.45, 7) is 3.27. The molecule has 0 saturated heterocycles. The van der Waals surface area contributed by atoms with Gasteiger partial charge in [-0.25, -0.2) is 0 Å². The molecule has 0 unspecified atom stereocenters.